The first-order valence-corrected chi connectivity index (χ1v) is 8.61. The third kappa shape index (κ3) is 6.89. The predicted octanol–water partition coefficient (Wildman–Crippen LogP) is 4.43. The number of amides is 2. The lowest BCUT2D eigenvalue weighted by Crippen LogP contribution is -2.47. The SMILES string of the molecule is CCCCOC(=O)NN(C(=O)OCCCC)c1ccc(CC)cc1. The molecule has 6 nitrogen and oxygen atoms in total. The highest BCUT2D eigenvalue weighted by Crippen LogP contribution is 2.15. The fourth-order valence-corrected chi connectivity index (χ4v) is 1.90. The Morgan fingerprint density at radius 3 is 2.08 bits per heavy atom. The van der Waals surface area contributed by atoms with Gasteiger partial charge in [-0.05, 0) is 37.0 Å². The molecule has 1 aromatic carbocycles. The Morgan fingerprint density at radius 1 is 0.958 bits per heavy atom. The van der Waals surface area contributed by atoms with Crippen molar-refractivity contribution in [1.29, 1.82) is 0 Å². The minimum absolute atomic E-state index is 0.311. The second kappa shape index (κ2) is 11.3. The normalized spacial score (nSPS) is 10.1. The van der Waals surface area contributed by atoms with Crippen molar-refractivity contribution in [3.8, 4) is 0 Å². The van der Waals surface area contributed by atoms with Crippen molar-refractivity contribution in [2.45, 2.75) is 52.9 Å². The number of benzene rings is 1. The van der Waals surface area contributed by atoms with Crippen molar-refractivity contribution < 1.29 is 19.1 Å². The smallest absolute Gasteiger partial charge is 0.433 e. The van der Waals surface area contributed by atoms with Crippen LogP contribution in [0, 0.1) is 0 Å². The number of unbranched alkanes of at least 4 members (excludes halogenated alkanes) is 2. The fourth-order valence-electron chi connectivity index (χ4n) is 1.90. The first-order chi connectivity index (χ1) is 11.6. The second-order valence-corrected chi connectivity index (χ2v) is 5.42. The van der Waals surface area contributed by atoms with Crippen molar-refractivity contribution in [1.82, 2.24) is 5.43 Å². The zero-order valence-corrected chi connectivity index (χ0v) is 14.8. The van der Waals surface area contributed by atoms with Gasteiger partial charge in [-0.3, -0.25) is 0 Å². The van der Waals surface area contributed by atoms with Crippen LogP contribution in [0.25, 0.3) is 0 Å². The summed E-state index contributed by atoms with van der Waals surface area (Å²) in [5.41, 5.74) is 4.13. The first-order valence-electron chi connectivity index (χ1n) is 8.61. The molecule has 0 bridgehead atoms. The quantitative estimate of drug-likeness (QED) is 0.563. The lowest BCUT2D eigenvalue weighted by molar-refractivity contribution is 0.131. The molecule has 0 aliphatic heterocycles. The van der Waals surface area contributed by atoms with Crippen LogP contribution in [-0.4, -0.2) is 25.4 Å². The van der Waals surface area contributed by atoms with Gasteiger partial charge in [0.1, 0.15) is 0 Å². The molecule has 0 aromatic heterocycles. The Hall–Kier alpha value is -2.24. The van der Waals surface area contributed by atoms with Crippen molar-refractivity contribution in [3.63, 3.8) is 0 Å². The maximum atomic E-state index is 12.3. The molecule has 0 saturated heterocycles. The van der Waals surface area contributed by atoms with E-state index < -0.39 is 12.2 Å². The number of nitrogens with zero attached hydrogens (tertiary/aromatic N) is 1. The third-order valence-corrected chi connectivity index (χ3v) is 3.44. The van der Waals surface area contributed by atoms with E-state index in [9.17, 15) is 9.59 Å². The van der Waals surface area contributed by atoms with E-state index >= 15 is 0 Å². The molecule has 0 aliphatic carbocycles. The Bertz CT molecular complexity index is 502. The molecule has 0 fully saturated rings. The zero-order chi connectivity index (χ0) is 17.8. The molecule has 6 heteroatoms. The number of hydrogen-bond acceptors (Lipinski definition) is 4. The number of anilines is 1. The average Bonchev–Trinajstić information content (AvgIpc) is 2.60. The van der Waals surface area contributed by atoms with E-state index in [1.807, 2.05) is 26.0 Å². The van der Waals surface area contributed by atoms with Crippen LogP contribution in [0.4, 0.5) is 15.3 Å². The molecular formula is C18H28N2O4. The molecule has 0 atom stereocenters. The summed E-state index contributed by atoms with van der Waals surface area (Å²) in [5.74, 6) is 0. The second-order valence-electron chi connectivity index (χ2n) is 5.42. The lowest BCUT2D eigenvalue weighted by atomic mass is 10.1. The number of carbonyl (C=O) groups is 2. The van der Waals surface area contributed by atoms with Gasteiger partial charge >= 0.3 is 12.2 Å². The standard InChI is InChI=1S/C18H28N2O4/c1-4-7-13-23-17(21)19-20(18(22)24-14-8-5-2)16-11-9-15(6-3)10-12-16/h9-12H,4-8,13-14H2,1-3H3,(H,19,21). The van der Waals surface area contributed by atoms with Gasteiger partial charge in [-0.2, -0.15) is 5.01 Å². The van der Waals surface area contributed by atoms with Crippen molar-refractivity contribution >= 4 is 17.9 Å². The summed E-state index contributed by atoms with van der Waals surface area (Å²) in [6.07, 6.45) is 3.00. The minimum atomic E-state index is -0.671. The van der Waals surface area contributed by atoms with Gasteiger partial charge in [0.05, 0.1) is 18.9 Å². The van der Waals surface area contributed by atoms with Crippen LogP contribution < -0.4 is 10.4 Å². The molecule has 0 saturated carbocycles. The van der Waals surface area contributed by atoms with Crippen molar-refractivity contribution in [2.24, 2.45) is 0 Å². The van der Waals surface area contributed by atoms with E-state index in [0.29, 0.717) is 18.9 Å². The van der Waals surface area contributed by atoms with Gasteiger partial charge < -0.3 is 9.47 Å². The number of carbonyl (C=O) groups excluding carboxylic acids is 2. The molecule has 134 valence electrons. The number of hydrazine groups is 1. The summed E-state index contributed by atoms with van der Waals surface area (Å²) >= 11 is 0. The topological polar surface area (TPSA) is 67.9 Å². The molecule has 0 aliphatic rings. The molecule has 0 radical (unpaired) electrons. The van der Waals surface area contributed by atoms with Crippen LogP contribution in [0.3, 0.4) is 0 Å². The Balaban J connectivity index is 2.77. The summed E-state index contributed by atoms with van der Waals surface area (Å²) in [6, 6.07) is 7.36. The Morgan fingerprint density at radius 2 is 1.54 bits per heavy atom. The maximum absolute atomic E-state index is 12.3. The largest absolute Gasteiger partial charge is 0.448 e. The van der Waals surface area contributed by atoms with Crippen LogP contribution in [-0.2, 0) is 15.9 Å². The first kappa shape index (κ1) is 19.8. The molecule has 2 amide bonds. The Labute approximate surface area is 144 Å². The Kier molecular flexibility index (Phi) is 9.34. The summed E-state index contributed by atoms with van der Waals surface area (Å²) < 4.78 is 10.3. The maximum Gasteiger partial charge on any atom is 0.433 e. The van der Waals surface area contributed by atoms with Crippen LogP contribution in [0.1, 0.15) is 52.0 Å². The van der Waals surface area contributed by atoms with Gasteiger partial charge in [0.2, 0.25) is 0 Å². The molecular weight excluding hydrogens is 308 g/mol. The minimum Gasteiger partial charge on any atom is -0.448 e. The van der Waals surface area contributed by atoms with E-state index in [4.69, 9.17) is 9.47 Å². The highest BCUT2D eigenvalue weighted by atomic mass is 16.6. The summed E-state index contributed by atoms with van der Waals surface area (Å²) in [4.78, 5) is 24.1. The molecule has 1 aromatic rings. The number of nitrogens with one attached hydrogen (secondary N) is 1. The monoisotopic (exact) mass is 336 g/mol. The summed E-state index contributed by atoms with van der Waals surface area (Å²) in [5, 5.41) is 1.09. The fraction of sp³-hybridized carbons (Fsp3) is 0.556. The number of rotatable bonds is 8. The summed E-state index contributed by atoms with van der Waals surface area (Å²) in [6.45, 7) is 6.70. The summed E-state index contributed by atoms with van der Waals surface area (Å²) in [7, 11) is 0. The van der Waals surface area contributed by atoms with E-state index in [0.717, 1.165) is 42.7 Å². The van der Waals surface area contributed by atoms with Gasteiger partial charge in [-0.25, -0.2) is 15.0 Å². The van der Waals surface area contributed by atoms with E-state index in [1.165, 1.54) is 0 Å². The average molecular weight is 336 g/mol. The van der Waals surface area contributed by atoms with E-state index in [2.05, 4.69) is 12.3 Å². The van der Waals surface area contributed by atoms with Crippen LogP contribution in [0.2, 0.25) is 0 Å². The van der Waals surface area contributed by atoms with Crippen LogP contribution in [0.5, 0.6) is 0 Å². The van der Waals surface area contributed by atoms with Crippen molar-refractivity contribution in [3.05, 3.63) is 29.8 Å². The highest BCUT2D eigenvalue weighted by molar-refractivity contribution is 5.90. The van der Waals surface area contributed by atoms with Crippen molar-refractivity contribution in [2.75, 3.05) is 18.2 Å². The zero-order valence-electron chi connectivity index (χ0n) is 14.8. The number of aryl methyl sites for hydroxylation is 1. The van der Waals surface area contributed by atoms with Gasteiger partial charge in [0.15, 0.2) is 0 Å². The number of hydrogen-bond donors (Lipinski definition) is 1. The molecule has 24 heavy (non-hydrogen) atoms. The van der Waals surface area contributed by atoms with Gasteiger partial charge in [-0.15, -0.1) is 0 Å². The number of ether oxygens (including phenoxy) is 2. The molecule has 1 N–H and O–H groups in total. The molecule has 0 heterocycles. The molecule has 0 spiro atoms. The van der Waals surface area contributed by atoms with Gasteiger partial charge in [0.25, 0.3) is 0 Å². The molecule has 1 rings (SSSR count). The lowest BCUT2D eigenvalue weighted by Gasteiger charge is -2.22. The molecule has 0 unspecified atom stereocenters. The highest BCUT2D eigenvalue weighted by Gasteiger charge is 2.20. The van der Waals surface area contributed by atoms with Gasteiger partial charge in [-0.1, -0.05) is 45.7 Å². The van der Waals surface area contributed by atoms with E-state index in [1.54, 1.807) is 12.1 Å². The predicted molar refractivity (Wildman–Crippen MR) is 93.9 cm³/mol. The van der Waals surface area contributed by atoms with E-state index in [-0.39, 0.29) is 0 Å². The van der Waals surface area contributed by atoms with Crippen LogP contribution in [0.15, 0.2) is 24.3 Å². The van der Waals surface area contributed by atoms with Crippen LogP contribution >= 0.6 is 0 Å². The third-order valence-electron chi connectivity index (χ3n) is 3.44. The van der Waals surface area contributed by atoms with Gasteiger partial charge in [0, 0.05) is 0 Å².